The van der Waals surface area contributed by atoms with E-state index in [1.165, 1.54) is 6.42 Å². The lowest BCUT2D eigenvalue weighted by molar-refractivity contribution is -0.144. The molecular weight excluding hydrogens is 266 g/mol. The maximum Gasteiger partial charge on any atom is 0.323 e. The van der Waals surface area contributed by atoms with Gasteiger partial charge in [0.25, 0.3) is 0 Å². The van der Waals surface area contributed by atoms with Crippen LogP contribution in [0.4, 0.5) is 0 Å². The predicted octanol–water partition coefficient (Wildman–Crippen LogP) is 1.39. The van der Waals surface area contributed by atoms with E-state index in [2.05, 4.69) is 29.1 Å². The molecule has 5 nitrogen and oxygen atoms in total. The van der Waals surface area contributed by atoms with Gasteiger partial charge in [0.15, 0.2) is 0 Å². The minimum atomic E-state index is -0.757. The Bertz CT molecular complexity index is 359. The molecule has 2 N–H and O–H groups in total. The highest BCUT2D eigenvalue weighted by Crippen LogP contribution is 2.25. The van der Waals surface area contributed by atoms with Crippen molar-refractivity contribution < 1.29 is 9.90 Å². The lowest BCUT2D eigenvalue weighted by Gasteiger charge is -2.30. The van der Waals surface area contributed by atoms with Crippen molar-refractivity contribution in [1.29, 1.82) is 0 Å². The Morgan fingerprint density at radius 3 is 2.71 bits per heavy atom. The number of carboxylic acids is 1. The van der Waals surface area contributed by atoms with Crippen LogP contribution in [0.15, 0.2) is 0 Å². The van der Waals surface area contributed by atoms with E-state index in [0.717, 1.165) is 45.4 Å². The molecule has 122 valence electrons. The van der Waals surface area contributed by atoms with Crippen LogP contribution in [0.5, 0.6) is 0 Å². The smallest absolute Gasteiger partial charge is 0.323 e. The number of carbonyl (C=O) groups is 1. The van der Waals surface area contributed by atoms with Crippen LogP contribution < -0.4 is 5.32 Å². The molecule has 1 aliphatic heterocycles. The van der Waals surface area contributed by atoms with Gasteiger partial charge in [-0.05, 0) is 72.6 Å². The molecule has 1 saturated heterocycles. The molecule has 1 saturated carbocycles. The zero-order valence-corrected chi connectivity index (χ0v) is 13.8. The second-order valence-corrected chi connectivity index (χ2v) is 7.16. The number of hydrogen-bond acceptors (Lipinski definition) is 4. The van der Waals surface area contributed by atoms with Gasteiger partial charge in [-0.3, -0.25) is 15.0 Å². The topological polar surface area (TPSA) is 55.8 Å². The van der Waals surface area contributed by atoms with E-state index in [0.29, 0.717) is 18.5 Å². The SMILES string of the molecule is CC1CN(C)CCCN1CCCC(C)(NC1CC1)C(=O)O. The molecule has 0 aromatic heterocycles. The van der Waals surface area contributed by atoms with Gasteiger partial charge in [0.1, 0.15) is 5.54 Å². The minimum Gasteiger partial charge on any atom is -0.480 e. The summed E-state index contributed by atoms with van der Waals surface area (Å²) < 4.78 is 0. The van der Waals surface area contributed by atoms with Gasteiger partial charge in [-0.1, -0.05) is 0 Å². The summed E-state index contributed by atoms with van der Waals surface area (Å²) in [6, 6.07) is 0.988. The third-order valence-electron chi connectivity index (χ3n) is 4.88. The van der Waals surface area contributed by atoms with Crippen molar-refractivity contribution >= 4 is 5.97 Å². The van der Waals surface area contributed by atoms with E-state index in [-0.39, 0.29) is 0 Å². The van der Waals surface area contributed by atoms with E-state index in [4.69, 9.17) is 0 Å². The minimum absolute atomic E-state index is 0.428. The number of nitrogens with one attached hydrogen (secondary N) is 1. The number of nitrogens with zero attached hydrogens (tertiary/aromatic N) is 2. The van der Waals surface area contributed by atoms with Crippen LogP contribution in [0.25, 0.3) is 0 Å². The van der Waals surface area contributed by atoms with E-state index < -0.39 is 11.5 Å². The Morgan fingerprint density at radius 1 is 1.38 bits per heavy atom. The van der Waals surface area contributed by atoms with Crippen LogP contribution >= 0.6 is 0 Å². The highest BCUT2D eigenvalue weighted by molar-refractivity contribution is 5.78. The lowest BCUT2D eigenvalue weighted by Crippen LogP contribution is -2.51. The molecule has 1 heterocycles. The van der Waals surface area contributed by atoms with Crippen molar-refractivity contribution in [2.24, 2.45) is 0 Å². The third kappa shape index (κ3) is 4.94. The number of likely N-dealkylation sites (N-methyl/N-ethyl adjacent to an activating group) is 1. The average molecular weight is 297 g/mol. The van der Waals surface area contributed by atoms with E-state index in [1.807, 2.05) is 6.92 Å². The van der Waals surface area contributed by atoms with Crippen molar-refractivity contribution in [3.05, 3.63) is 0 Å². The summed E-state index contributed by atoms with van der Waals surface area (Å²) in [4.78, 5) is 16.5. The Balaban J connectivity index is 1.79. The molecule has 21 heavy (non-hydrogen) atoms. The summed E-state index contributed by atoms with van der Waals surface area (Å²) in [5.41, 5.74) is -0.757. The second-order valence-electron chi connectivity index (χ2n) is 7.16. The quantitative estimate of drug-likeness (QED) is 0.744. The van der Waals surface area contributed by atoms with Gasteiger partial charge in [0, 0.05) is 18.6 Å². The predicted molar refractivity (Wildman–Crippen MR) is 84.6 cm³/mol. The highest BCUT2D eigenvalue weighted by atomic mass is 16.4. The molecule has 1 aliphatic carbocycles. The molecule has 2 aliphatic rings. The van der Waals surface area contributed by atoms with Crippen molar-refractivity contribution in [2.75, 3.05) is 33.2 Å². The molecule has 2 fully saturated rings. The molecular formula is C16H31N3O2. The lowest BCUT2D eigenvalue weighted by atomic mass is 9.95. The molecule has 0 bridgehead atoms. The average Bonchev–Trinajstić information content (AvgIpc) is 3.20. The fourth-order valence-corrected chi connectivity index (χ4v) is 3.31. The summed E-state index contributed by atoms with van der Waals surface area (Å²) in [6.07, 6.45) is 5.10. The summed E-state index contributed by atoms with van der Waals surface area (Å²) >= 11 is 0. The zero-order chi connectivity index (χ0) is 15.5. The van der Waals surface area contributed by atoms with Crippen LogP contribution in [-0.4, -0.2) is 71.7 Å². The fourth-order valence-electron chi connectivity index (χ4n) is 3.31. The van der Waals surface area contributed by atoms with Crippen LogP contribution in [-0.2, 0) is 4.79 Å². The zero-order valence-electron chi connectivity index (χ0n) is 13.8. The Morgan fingerprint density at radius 2 is 2.10 bits per heavy atom. The first-order valence-corrected chi connectivity index (χ1v) is 8.34. The first-order valence-electron chi connectivity index (χ1n) is 8.34. The van der Waals surface area contributed by atoms with Crippen molar-refractivity contribution in [1.82, 2.24) is 15.1 Å². The normalized spacial score (nSPS) is 28.0. The van der Waals surface area contributed by atoms with Gasteiger partial charge in [-0.25, -0.2) is 0 Å². The first kappa shape index (κ1) is 16.7. The molecule has 2 unspecified atom stereocenters. The van der Waals surface area contributed by atoms with Gasteiger partial charge in [-0.2, -0.15) is 0 Å². The number of carboxylic acid groups (broad SMARTS) is 1. The molecule has 5 heteroatoms. The molecule has 2 atom stereocenters. The Labute approximate surface area is 128 Å². The van der Waals surface area contributed by atoms with Crippen molar-refractivity contribution in [3.8, 4) is 0 Å². The van der Waals surface area contributed by atoms with Crippen LogP contribution in [0, 0.1) is 0 Å². The number of aliphatic carboxylic acids is 1. The van der Waals surface area contributed by atoms with E-state index in [9.17, 15) is 9.90 Å². The monoisotopic (exact) mass is 297 g/mol. The summed E-state index contributed by atoms with van der Waals surface area (Å²) in [5, 5.41) is 12.8. The largest absolute Gasteiger partial charge is 0.480 e. The Hall–Kier alpha value is -0.650. The summed E-state index contributed by atoms with van der Waals surface area (Å²) in [5.74, 6) is -0.710. The van der Waals surface area contributed by atoms with Crippen LogP contribution in [0.2, 0.25) is 0 Å². The molecule has 0 radical (unpaired) electrons. The highest BCUT2D eigenvalue weighted by Gasteiger charge is 2.38. The maximum absolute atomic E-state index is 11.5. The van der Waals surface area contributed by atoms with Gasteiger partial charge >= 0.3 is 5.97 Å². The number of rotatable bonds is 7. The standard InChI is InChI=1S/C16H31N3O2/c1-13-12-18(3)9-5-11-19(13)10-4-8-16(2,15(20)21)17-14-6-7-14/h13-14,17H,4-12H2,1-3H3,(H,20,21). The van der Waals surface area contributed by atoms with Gasteiger partial charge < -0.3 is 10.0 Å². The van der Waals surface area contributed by atoms with Gasteiger partial charge in [-0.15, -0.1) is 0 Å². The van der Waals surface area contributed by atoms with E-state index >= 15 is 0 Å². The molecule has 0 spiro atoms. The molecule has 0 aromatic rings. The summed E-state index contributed by atoms with van der Waals surface area (Å²) in [7, 11) is 2.18. The van der Waals surface area contributed by atoms with Gasteiger partial charge in [0.05, 0.1) is 0 Å². The molecule has 0 amide bonds. The third-order valence-corrected chi connectivity index (χ3v) is 4.88. The van der Waals surface area contributed by atoms with Gasteiger partial charge in [0.2, 0.25) is 0 Å². The van der Waals surface area contributed by atoms with E-state index in [1.54, 1.807) is 0 Å². The summed E-state index contributed by atoms with van der Waals surface area (Å²) in [6.45, 7) is 8.52. The maximum atomic E-state index is 11.5. The van der Waals surface area contributed by atoms with Crippen molar-refractivity contribution in [2.45, 2.75) is 63.6 Å². The van der Waals surface area contributed by atoms with Crippen LogP contribution in [0.1, 0.15) is 46.0 Å². The fraction of sp³-hybridized carbons (Fsp3) is 0.938. The molecule has 0 aromatic carbocycles. The first-order chi connectivity index (χ1) is 9.90. The molecule has 2 rings (SSSR count). The number of hydrogen-bond donors (Lipinski definition) is 2. The Kier molecular flexibility index (Phi) is 5.63. The van der Waals surface area contributed by atoms with Crippen molar-refractivity contribution in [3.63, 3.8) is 0 Å². The van der Waals surface area contributed by atoms with Crippen LogP contribution in [0.3, 0.4) is 0 Å². The second kappa shape index (κ2) is 7.07.